The van der Waals surface area contributed by atoms with Crippen LogP contribution in [0.2, 0.25) is 4.34 Å². The molecule has 0 bridgehead atoms. The number of hydrogen-bond acceptors (Lipinski definition) is 3. The first-order valence-electron chi connectivity index (χ1n) is 6.30. The number of hydrogen-bond donors (Lipinski definition) is 1. The number of ether oxygens (including phenoxy) is 1. The van der Waals surface area contributed by atoms with Crippen molar-refractivity contribution in [3.63, 3.8) is 0 Å². The molecule has 0 aliphatic carbocycles. The number of halogens is 1. The molecule has 4 heteroatoms. The second-order valence-electron chi connectivity index (χ2n) is 4.68. The Morgan fingerprint density at radius 3 is 2.94 bits per heavy atom. The Hall–Kier alpha value is -0.0900. The quantitative estimate of drug-likeness (QED) is 0.888. The van der Waals surface area contributed by atoms with E-state index < -0.39 is 0 Å². The van der Waals surface area contributed by atoms with Crippen LogP contribution in [0.1, 0.15) is 25.1 Å². The standard InChI is InChI=1S/C13H20ClNOS/c1-3-15-11(13-9(2)6-7-16-13)8-10-4-5-12(14)17-10/h4-5,9,11,13,15H,3,6-8H2,1-2H3. The molecule has 3 atom stereocenters. The average molecular weight is 274 g/mol. The van der Waals surface area contributed by atoms with E-state index in [1.807, 2.05) is 6.07 Å². The summed E-state index contributed by atoms with van der Waals surface area (Å²) in [7, 11) is 0. The fourth-order valence-electron chi connectivity index (χ4n) is 2.48. The van der Waals surface area contributed by atoms with Crippen LogP contribution in [-0.4, -0.2) is 25.3 Å². The lowest BCUT2D eigenvalue weighted by Gasteiger charge is -2.26. The molecule has 0 radical (unpaired) electrons. The highest BCUT2D eigenvalue weighted by atomic mass is 35.5. The Kier molecular flexibility index (Phi) is 4.86. The normalized spacial score (nSPS) is 26.3. The SMILES string of the molecule is CCNC(Cc1ccc(Cl)s1)C1OCCC1C. The van der Waals surface area contributed by atoms with E-state index in [1.165, 1.54) is 11.3 Å². The highest BCUT2D eigenvalue weighted by molar-refractivity contribution is 7.16. The van der Waals surface area contributed by atoms with E-state index in [-0.39, 0.29) is 0 Å². The molecule has 1 aliphatic heterocycles. The first kappa shape index (κ1) is 13.3. The first-order chi connectivity index (χ1) is 8.20. The van der Waals surface area contributed by atoms with E-state index in [9.17, 15) is 0 Å². The fraction of sp³-hybridized carbons (Fsp3) is 0.692. The molecule has 1 aromatic rings. The lowest BCUT2D eigenvalue weighted by molar-refractivity contribution is 0.0617. The maximum atomic E-state index is 5.98. The van der Waals surface area contributed by atoms with Crippen molar-refractivity contribution in [2.45, 2.75) is 38.8 Å². The Morgan fingerprint density at radius 1 is 1.59 bits per heavy atom. The molecule has 0 spiro atoms. The minimum absolute atomic E-state index is 0.343. The average Bonchev–Trinajstić information content (AvgIpc) is 2.87. The summed E-state index contributed by atoms with van der Waals surface area (Å²) in [5.41, 5.74) is 0. The Morgan fingerprint density at radius 2 is 2.41 bits per heavy atom. The van der Waals surface area contributed by atoms with Crippen molar-refractivity contribution in [2.75, 3.05) is 13.2 Å². The number of nitrogens with one attached hydrogen (secondary N) is 1. The molecule has 1 N–H and O–H groups in total. The van der Waals surface area contributed by atoms with Gasteiger partial charge in [0, 0.05) is 17.5 Å². The summed E-state index contributed by atoms with van der Waals surface area (Å²) in [6, 6.07) is 4.51. The van der Waals surface area contributed by atoms with E-state index in [2.05, 4.69) is 25.2 Å². The maximum Gasteiger partial charge on any atom is 0.0931 e. The van der Waals surface area contributed by atoms with Gasteiger partial charge in [0.05, 0.1) is 10.4 Å². The molecule has 0 amide bonds. The van der Waals surface area contributed by atoms with Gasteiger partial charge in [-0.25, -0.2) is 0 Å². The monoisotopic (exact) mass is 273 g/mol. The number of likely N-dealkylation sites (N-methyl/N-ethyl adjacent to an activating group) is 1. The fourth-order valence-corrected chi connectivity index (χ4v) is 3.62. The summed E-state index contributed by atoms with van der Waals surface area (Å²) in [6.45, 7) is 6.31. The Balaban J connectivity index is 2.01. The third-order valence-electron chi connectivity index (χ3n) is 3.36. The van der Waals surface area contributed by atoms with E-state index in [4.69, 9.17) is 16.3 Å². The van der Waals surface area contributed by atoms with Crippen molar-refractivity contribution < 1.29 is 4.74 Å². The van der Waals surface area contributed by atoms with E-state index in [1.54, 1.807) is 11.3 Å². The van der Waals surface area contributed by atoms with E-state index in [0.717, 1.165) is 23.9 Å². The lowest BCUT2D eigenvalue weighted by atomic mass is 9.95. The van der Waals surface area contributed by atoms with Gasteiger partial charge in [0.15, 0.2) is 0 Å². The topological polar surface area (TPSA) is 21.3 Å². The van der Waals surface area contributed by atoms with Crippen LogP contribution in [0.3, 0.4) is 0 Å². The van der Waals surface area contributed by atoms with Gasteiger partial charge in [0.2, 0.25) is 0 Å². The molecule has 2 nitrogen and oxygen atoms in total. The van der Waals surface area contributed by atoms with Crippen LogP contribution in [0.5, 0.6) is 0 Å². The highest BCUT2D eigenvalue weighted by Gasteiger charge is 2.31. The molecule has 1 aliphatic rings. The van der Waals surface area contributed by atoms with Crippen LogP contribution < -0.4 is 5.32 Å². The van der Waals surface area contributed by atoms with Gasteiger partial charge in [-0.05, 0) is 37.4 Å². The molecule has 2 heterocycles. The molecule has 1 fully saturated rings. The lowest BCUT2D eigenvalue weighted by Crippen LogP contribution is -2.43. The largest absolute Gasteiger partial charge is 0.376 e. The maximum absolute atomic E-state index is 5.98. The molecule has 17 heavy (non-hydrogen) atoms. The van der Waals surface area contributed by atoms with Gasteiger partial charge in [0.1, 0.15) is 0 Å². The summed E-state index contributed by atoms with van der Waals surface area (Å²) in [5.74, 6) is 0.648. The van der Waals surface area contributed by atoms with Gasteiger partial charge in [-0.15, -0.1) is 11.3 Å². The molecule has 96 valence electrons. The predicted molar refractivity (Wildman–Crippen MR) is 74.0 cm³/mol. The summed E-state index contributed by atoms with van der Waals surface area (Å²) in [4.78, 5) is 1.34. The van der Waals surface area contributed by atoms with Crippen LogP contribution in [0.4, 0.5) is 0 Å². The molecule has 0 aromatic carbocycles. The van der Waals surface area contributed by atoms with Gasteiger partial charge < -0.3 is 10.1 Å². The van der Waals surface area contributed by atoms with Gasteiger partial charge in [0.25, 0.3) is 0 Å². The van der Waals surface area contributed by atoms with E-state index in [0.29, 0.717) is 18.1 Å². The van der Waals surface area contributed by atoms with E-state index >= 15 is 0 Å². The smallest absolute Gasteiger partial charge is 0.0931 e. The number of rotatable bonds is 5. The zero-order valence-corrected chi connectivity index (χ0v) is 12.0. The summed E-state index contributed by atoms with van der Waals surface area (Å²) in [5, 5.41) is 3.55. The van der Waals surface area contributed by atoms with Crippen LogP contribution in [-0.2, 0) is 11.2 Å². The van der Waals surface area contributed by atoms with Gasteiger partial charge in [-0.3, -0.25) is 0 Å². The molecule has 1 saturated heterocycles. The second-order valence-corrected chi connectivity index (χ2v) is 6.48. The van der Waals surface area contributed by atoms with Crippen molar-refractivity contribution in [3.8, 4) is 0 Å². The minimum atomic E-state index is 0.343. The zero-order valence-electron chi connectivity index (χ0n) is 10.4. The van der Waals surface area contributed by atoms with Crippen molar-refractivity contribution in [3.05, 3.63) is 21.3 Å². The molecule has 2 rings (SSSR count). The van der Waals surface area contributed by atoms with Gasteiger partial charge in [-0.1, -0.05) is 25.4 Å². The highest BCUT2D eigenvalue weighted by Crippen LogP contribution is 2.28. The number of thiophene rings is 1. The van der Waals surface area contributed by atoms with Crippen molar-refractivity contribution in [1.82, 2.24) is 5.32 Å². The summed E-state index contributed by atoms with van der Waals surface area (Å²) >= 11 is 7.65. The molecule has 3 unspecified atom stereocenters. The zero-order chi connectivity index (χ0) is 12.3. The van der Waals surface area contributed by atoms with Crippen LogP contribution in [0.25, 0.3) is 0 Å². The van der Waals surface area contributed by atoms with Crippen molar-refractivity contribution >= 4 is 22.9 Å². The Labute approximate surface area is 112 Å². The third-order valence-corrected chi connectivity index (χ3v) is 4.61. The van der Waals surface area contributed by atoms with Crippen LogP contribution in [0.15, 0.2) is 12.1 Å². The minimum Gasteiger partial charge on any atom is -0.376 e. The van der Waals surface area contributed by atoms with Gasteiger partial charge >= 0.3 is 0 Å². The van der Waals surface area contributed by atoms with Gasteiger partial charge in [-0.2, -0.15) is 0 Å². The molecular formula is C13H20ClNOS. The van der Waals surface area contributed by atoms with Crippen molar-refractivity contribution in [1.29, 1.82) is 0 Å². The molecule has 1 aromatic heterocycles. The molecular weight excluding hydrogens is 254 g/mol. The van der Waals surface area contributed by atoms with Crippen LogP contribution in [0, 0.1) is 5.92 Å². The summed E-state index contributed by atoms with van der Waals surface area (Å²) < 4.78 is 6.74. The Bertz CT molecular complexity index is 355. The third kappa shape index (κ3) is 3.44. The second kappa shape index (κ2) is 6.19. The summed E-state index contributed by atoms with van der Waals surface area (Å²) in [6.07, 6.45) is 2.54. The van der Waals surface area contributed by atoms with Crippen LogP contribution >= 0.6 is 22.9 Å². The molecule has 0 saturated carbocycles. The first-order valence-corrected chi connectivity index (χ1v) is 7.49. The predicted octanol–water partition coefficient (Wildman–Crippen LogP) is 3.35. The van der Waals surface area contributed by atoms with Crippen molar-refractivity contribution in [2.24, 2.45) is 5.92 Å².